The first kappa shape index (κ1) is 9.45. The second kappa shape index (κ2) is 6.57. The molecular formula is C8H14NO. The summed E-state index contributed by atoms with van der Waals surface area (Å²) in [6, 6.07) is 1.69. The van der Waals surface area contributed by atoms with Gasteiger partial charge in [0.25, 0.3) is 0 Å². The fourth-order valence-electron chi connectivity index (χ4n) is 0.821. The van der Waals surface area contributed by atoms with Crippen LogP contribution in [-0.2, 0) is 5.11 Å². The highest BCUT2D eigenvalue weighted by Crippen LogP contribution is 2.04. The highest BCUT2D eigenvalue weighted by Gasteiger charge is 2.01. The molecule has 0 heterocycles. The Kier molecular flexibility index (Phi) is 6.21. The molecule has 1 atom stereocenters. The van der Waals surface area contributed by atoms with Crippen molar-refractivity contribution < 1.29 is 5.11 Å². The molecule has 0 aliphatic heterocycles. The second-order valence-corrected chi connectivity index (χ2v) is 2.47. The van der Waals surface area contributed by atoms with Gasteiger partial charge >= 0.3 is 0 Å². The average Bonchev–Trinajstić information content (AvgIpc) is 1.98. The number of hydrogen-bond acceptors (Lipinski definition) is 1. The van der Waals surface area contributed by atoms with E-state index < -0.39 is 6.10 Å². The van der Waals surface area contributed by atoms with Crippen molar-refractivity contribution in [2.45, 2.75) is 45.1 Å². The smallest absolute Gasteiger partial charge is 0.179 e. The SMILES string of the molecule is CCCCCCC([O])C#N. The summed E-state index contributed by atoms with van der Waals surface area (Å²) in [5.41, 5.74) is 0. The van der Waals surface area contributed by atoms with Gasteiger partial charge in [-0.15, -0.1) is 0 Å². The maximum absolute atomic E-state index is 10.5. The Morgan fingerprint density at radius 3 is 2.60 bits per heavy atom. The molecule has 0 amide bonds. The van der Waals surface area contributed by atoms with Crippen LogP contribution in [0.4, 0.5) is 0 Å². The molecule has 0 N–H and O–H groups in total. The number of rotatable bonds is 5. The van der Waals surface area contributed by atoms with E-state index in [0.717, 1.165) is 12.8 Å². The van der Waals surface area contributed by atoms with Crippen LogP contribution in [0.1, 0.15) is 39.0 Å². The average molecular weight is 140 g/mol. The molecule has 0 aromatic carbocycles. The van der Waals surface area contributed by atoms with Crippen LogP contribution in [0.3, 0.4) is 0 Å². The molecule has 0 aromatic heterocycles. The van der Waals surface area contributed by atoms with E-state index in [-0.39, 0.29) is 0 Å². The predicted octanol–water partition coefficient (Wildman–Crippen LogP) is 2.28. The number of unbranched alkanes of at least 4 members (excludes halogenated alkanes) is 3. The van der Waals surface area contributed by atoms with Crippen LogP contribution >= 0.6 is 0 Å². The second-order valence-electron chi connectivity index (χ2n) is 2.47. The number of nitrogens with zero attached hydrogens (tertiary/aromatic N) is 1. The lowest BCUT2D eigenvalue weighted by molar-refractivity contribution is 0.125. The van der Waals surface area contributed by atoms with Gasteiger partial charge in [-0.3, -0.25) is 0 Å². The van der Waals surface area contributed by atoms with Crippen LogP contribution in [0, 0.1) is 11.3 Å². The largest absolute Gasteiger partial charge is 0.217 e. The molecule has 1 radical (unpaired) electrons. The van der Waals surface area contributed by atoms with Crippen LogP contribution < -0.4 is 0 Å². The molecule has 0 saturated heterocycles. The molecule has 0 spiro atoms. The quantitative estimate of drug-likeness (QED) is 0.540. The minimum absolute atomic E-state index is 0.524. The van der Waals surface area contributed by atoms with Crippen LogP contribution in [-0.4, -0.2) is 6.10 Å². The zero-order valence-corrected chi connectivity index (χ0v) is 6.47. The van der Waals surface area contributed by atoms with Gasteiger partial charge in [0, 0.05) is 0 Å². The highest BCUT2D eigenvalue weighted by atomic mass is 16.3. The van der Waals surface area contributed by atoms with Gasteiger partial charge in [0.05, 0.1) is 6.07 Å². The summed E-state index contributed by atoms with van der Waals surface area (Å²) < 4.78 is 0. The minimum atomic E-state index is -0.989. The maximum Gasteiger partial charge on any atom is 0.179 e. The van der Waals surface area contributed by atoms with Crippen molar-refractivity contribution in [3.05, 3.63) is 0 Å². The maximum atomic E-state index is 10.5. The van der Waals surface area contributed by atoms with E-state index >= 15 is 0 Å². The minimum Gasteiger partial charge on any atom is -0.217 e. The van der Waals surface area contributed by atoms with Crippen LogP contribution in [0.25, 0.3) is 0 Å². The van der Waals surface area contributed by atoms with E-state index in [4.69, 9.17) is 5.26 Å². The molecule has 0 aliphatic carbocycles. The molecule has 0 bridgehead atoms. The molecule has 0 aromatic rings. The van der Waals surface area contributed by atoms with Gasteiger partial charge in [-0.05, 0) is 12.8 Å². The van der Waals surface area contributed by atoms with E-state index in [1.807, 2.05) is 0 Å². The third kappa shape index (κ3) is 5.58. The van der Waals surface area contributed by atoms with Crippen molar-refractivity contribution in [3.8, 4) is 6.07 Å². The van der Waals surface area contributed by atoms with Crippen molar-refractivity contribution in [2.24, 2.45) is 0 Å². The molecule has 0 fully saturated rings. The van der Waals surface area contributed by atoms with Gasteiger partial charge in [-0.1, -0.05) is 26.2 Å². The Morgan fingerprint density at radius 1 is 1.40 bits per heavy atom. The van der Waals surface area contributed by atoms with Gasteiger partial charge in [0.1, 0.15) is 0 Å². The van der Waals surface area contributed by atoms with Crippen molar-refractivity contribution in [1.29, 1.82) is 5.26 Å². The van der Waals surface area contributed by atoms with E-state index in [1.54, 1.807) is 6.07 Å². The van der Waals surface area contributed by atoms with Gasteiger partial charge in [-0.25, -0.2) is 5.11 Å². The van der Waals surface area contributed by atoms with Crippen molar-refractivity contribution in [2.75, 3.05) is 0 Å². The van der Waals surface area contributed by atoms with Crippen molar-refractivity contribution in [1.82, 2.24) is 0 Å². The molecular weight excluding hydrogens is 126 g/mol. The lowest BCUT2D eigenvalue weighted by Gasteiger charge is -1.97. The van der Waals surface area contributed by atoms with E-state index in [2.05, 4.69) is 6.92 Å². The molecule has 57 valence electrons. The summed E-state index contributed by atoms with van der Waals surface area (Å²) in [6.07, 6.45) is 3.90. The summed E-state index contributed by atoms with van der Waals surface area (Å²) in [5.74, 6) is 0. The molecule has 0 saturated carbocycles. The molecule has 2 heteroatoms. The van der Waals surface area contributed by atoms with Crippen LogP contribution in [0.15, 0.2) is 0 Å². The lowest BCUT2D eigenvalue weighted by atomic mass is 10.1. The molecule has 10 heavy (non-hydrogen) atoms. The molecule has 2 nitrogen and oxygen atoms in total. The van der Waals surface area contributed by atoms with Crippen molar-refractivity contribution >= 4 is 0 Å². The Bertz CT molecular complexity index is 106. The summed E-state index contributed by atoms with van der Waals surface area (Å²) in [4.78, 5) is 0. The van der Waals surface area contributed by atoms with Crippen molar-refractivity contribution in [3.63, 3.8) is 0 Å². The normalized spacial score (nSPS) is 12.5. The first-order valence-corrected chi connectivity index (χ1v) is 3.86. The van der Waals surface area contributed by atoms with Gasteiger partial charge in [-0.2, -0.15) is 5.26 Å². The highest BCUT2D eigenvalue weighted by molar-refractivity contribution is 4.80. The first-order valence-electron chi connectivity index (χ1n) is 3.86. The zero-order chi connectivity index (χ0) is 7.82. The molecule has 1 unspecified atom stereocenters. The van der Waals surface area contributed by atoms with Crippen LogP contribution in [0.5, 0.6) is 0 Å². The van der Waals surface area contributed by atoms with Gasteiger partial charge in [0.15, 0.2) is 6.10 Å². The van der Waals surface area contributed by atoms with E-state index in [9.17, 15) is 5.11 Å². The number of hydrogen-bond donors (Lipinski definition) is 0. The van der Waals surface area contributed by atoms with E-state index in [0.29, 0.717) is 6.42 Å². The Balaban J connectivity index is 2.98. The first-order chi connectivity index (χ1) is 4.81. The summed E-state index contributed by atoms with van der Waals surface area (Å²) in [5, 5.41) is 18.6. The Hall–Kier alpha value is -0.550. The monoisotopic (exact) mass is 140 g/mol. The Labute approximate surface area is 62.5 Å². The van der Waals surface area contributed by atoms with Gasteiger partial charge in [0.2, 0.25) is 0 Å². The van der Waals surface area contributed by atoms with Gasteiger partial charge < -0.3 is 0 Å². The third-order valence-corrected chi connectivity index (χ3v) is 1.46. The predicted molar refractivity (Wildman–Crippen MR) is 38.8 cm³/mol. The molecule has 0 rings (SSSR count). The Morgan fingerprint density at radius 2 is 2.10 bits per heavy atom. The third-order valence-electron chi connectivity index (χ3n) is 1.46. The zero-order valence-electron chi connectivity index (χ0n) is 6.47. The molecule has 0 aliphatic rings. The number of nitriles is 1. The fraction of sp³-hybridized carbons (Fsp3) is 0.875. The standard InChI is InChI=1S/C8H14NO/c1-2-3-4-5-6-8(10)7-9/h8H,2-6H2,1H3. The van der Waals surface area contributed by atoms with E-state index in [1.165, 1.54) is 12.8 Å². The summed E-state index contributed by atoms with van der Waals surface area (Å²) in [6.45, 7) is 2.12. The topological polar surface area (TPSA) is 43.7 Å². The lowest BCUT2D eigenvalue weighted by Crippen LogP contribution is -1.98. The fourth-order valence-corrected chi connectivity index (χ4v) is 0.821. The van der Waals surface area contributed by atoms with Crippen LogP contribution in [0.2, 0.25) is 0 Å². The summed E-state index contributed by atoms with van der Waals surface area (Å²) >= 11 is 0. The summed E-state index contributed by atoms with van der Waals surface area (Å²) in [7, 11) is 0.